The Morgan fingerprint density at radius 1 is 1.13 bits per heavy atom. The molecule has 0 atom stereocenters. The molecule has 1 N–H and O–H groups in total. The lowest BCUT2D eigenvalue weighted by Gasteiger charge is -2.05. The monoisotopic (exact) mass is 304 g/mol. The van der Waals surface area contributed by atoms with E-state index in [2.05, 4.69) is 10.3 Å². The van der Waals surface area contributed by atoms with Gasteiger partial charge < -0.3 is 9.73 Å². The molecule has 1 amide bonds. The van der Waals surface area contributed by atoms with Crippen LogP contribution >= 0.6 is 0 Å². The van der Waals surface area contributed by atoms with Crippen molar-refractivity contribution in [3.8, 4) is 0 Å². The average molecular weight is 304 g/mol. The van der Waals surface area contributed by atoms with Crippen molar-refractivity contribution in [2.75, 3.05) is 5.32 Å². The molecule has 2 aromatic heterocycles. The Balaban J connectivity index is 1.74. The molecule has 23 heavy (non-hydrogen) atoms. The Morgan fingerprint density at radius 2 is 2.04 bits per heavy atom. The van der Waals surface area contributed by atoms with E-state index in [1.807, 2.05) is 54.6 Å². The standard InChI is InChI=1S/C19H16N2O2/c1-14-18(10-12-23-14)19(22)21-17-7-4-5-15(13-17)8-9-16-6-2-3-11-20-16/h2-13H,1H3,(H,21,22)/b9-8+. The van der Waals surface area contributed by atoms with E-state index in [4.69, 9.17) is 4.42 Å². The summed E-state index contributed by atoms with van der Waals surface area (Å²) in [5, 5.41) is 2.88. The number of carbonyl (C=O) groups is 1. The zero-order valence-corrected chi connectivity index (χ0v) is 12.7. The van der Waals surface area contributed by atoms with E-state index in [9.17, 15) is 4.79 Å². The van der Waals surface area contributed by atoms with E-state index < -0.39 is 0 Å². The molecule has 0 saturated carbocycles. The maximum Gasteiger partial charge on any atom is 0.259 e. The number of hydrogen-bond acceptors (Lipinski definition) is 3. The molecule has 3 aromatic rings. The van der Waals surface area contributed by atoms with Crippen LogP contribution in [0.4, 0.5) is 5.69 Å². The molecule has 2 heterocycles. The summed E-state index contributed by atoms with van der Waals surface area (Å²) in [4.78, 5) is 16.4. The van der Waals surface area contributed by atoms with Crippen LogP contribution < -0.4 is 5.32 Å². The summed E-state index contributed by atoms with van der Waals surface area (Å²) in [6.07, 6.45) is 7.15. The number of benzene rings is 1. The van der Waals surface area contributed by atoms with Crippen molar-refractivity contribution in [1.29, 1.82) is 0 Å². The maximum absolute atomic E-state index is 12.2. The third kappa shape index (κ3) is 3.74. The fourth-order valence-electron chi connectivity index (χ4n) is 2.20. The van der Waals surface area contributed by atoms with E-state index in [-0.39, 0.29) is 5.91 Å². The van der Waals surface area contributed by atoms with Crippen LogP contribution in [-0.2, 0) is 0 Å². The summed E-state index contributed by atoms with van der Waals surface area (Å²) in [5.41, 5.74) is 3.14. The van der Waals surface area contributed by atoms with Crippen LogP contribution in [-0.4, -0.2) is 10.9 Å². The number of hydrogen-bond donors (Lipinski definition) is 1. The number of carbonyl (C=O) groups excluding carboxylic acids is 1. The molecule has 1 aromatic carbocycles. The molecule has 0 unspecified atom stereocenters. The highest BCUT2D eigenvalue weighted by Crippen LogP contribution is 2.16. The molecule has 0 bridgehead atoms. The summed E-state index contributed by atoms with van der Waals surface area (Å²) < 4.78 is 5.16. The molecule has 4 heteroatoms. The van der Waals surface area contributed by atoms with Gasteiger partial charge in [0.1, 0.15) is 5.76 Å². The van der Waals surface area contributed by atoms with Gasteiger partial charge in [-0.05, 0) is 48.9 Å². The minimum absolute atomic E-state index is 0.179. The summed E-state index contributed by atoms with van der Waals surface area (Å²) in [7, 11) is 0. The Morgan fingerprint density at radius 3 is 2.78 bits per heavy atom. The number of pyridine rings is 1. The van der Waals surface area contributed by atoms with Crippen molar-refractivity contribution in [3.05, 3.63) is 83.6 Å². The molecule has 4 nitrogen and oxygen atoms in total. The first-order valence-corrected chi connectivity index (χ1v) is 7.27. The van der Waals surface area contributed by atoms with Gasteiger partial charge in [-0.2, -0.15) is 0 Å². The second-order valence-corrected chi connectivity index (χ2v) is 5.06. The Kier molecular flexibility index (Phi) is 4.34. The molecule has 0 spiro atoms. The van der Waals surface area contributed by atoms with Gasteiger partial charge in [-0.1, -0.05) is 24.3 Å². The van der Waals surface area contributed by atoms with Gasteiger partial charge in [0.2, 0.25) is 0 Å². The van der Waals surface area contributed by atoms with Crippen LogP contribution in [0.15, 0.2) is 65.4 Å². The van der Waals surface area contributed by atoms with Crippen molar-refractivity contribution in [2.45, 2.75) is 6.92 Å². The van der Waals surface area contributed by atoms with E-state index in [1.165, 1.54) is 6.26 Å². The first kappa shape index (κ1) is 14.8. The second-order valence-electron chi connectivity index (χ2n) is 5.06. The Labute approximate surface area is 134 Å². The number of anilines is 1. The van der Waals surface area contributed by atoms with Crippen LogP contribution in [0.3, 0.4) is 0 Å². The van der Waals surface area contributed by atoms with Crippen LogP contribution in [0.5, 0.6) is 0 Å². The van der Waals surface area contributed by atoms with E-state index in [0.29, 0.717) is 11.3 Å². The zero-order valence-electron chi connectivity index (χ0n) is 12.7. The van der Waals surface area contributed by atoms with Crippen LogP contribution in [0.25, 0.3) is 12.2 Å². The van der Waals surface area contributed by atoms with Gasteiger partial charge in [-0.3, -0.25) is 9.78 Å². The number of aromatic nitrogens is 1. The van der Waals surface area contributed by atoms with Crippen molar-refractivity contribution >= 4 is 23.7 Å². The van der Waals surface area contributed by atoms with Gasteiger partial charge in [0, 0.05) is 11.9 Å². The largest absolute Gasteiger partial charge is 0.469 e. The van der Waals surface area contributed by atoms with Crippen LogP contribution in [0.2, 0.25) is 0 Å². The van der Waals surface area contributed by atoms with Gasteiger partial charge >= 0.3 is 0 Å². The van der Waals surface area contributed by atoms with Crippen LogP contribution in [0.1, 0.15) is 27.4 Å². The summed E-state index contributed by atoms with van der Waals surface area (Å²) in [6, 6.07) is 15.0. The number of amides is 1. The van der Waals surface area contributed by atoms with Crippen molar-refractivity contribution in [3.63, 3.8) is 0 Å². The van der Waals surface area contributed by atoms with Crippen LogP contribution in [0, 0.1) is 6.92 Å². The second kappa shape index (κ2) is 6.75. The molecule has 0 aliphatic carbocycles. The fraction of sp³-hybridized carbons (Fsp3) is 0.0526. The van der Waals surface area contributed by atoms with Gasteiger partial charge in [-0.15, -0.1) is 0 Å². The van der Waals surface area contributed by atoms with Crippen molar-refractivity contribution < 1.29 is 9.21 Å². The number of rotatable bonds is 4. The quantitative estimate of drug-likeness (QED) is 0.777. The van der Waals surface area contributed by atoms with Crippen molar-refractivity contribution in [2.24, 2.45) is 0 Å². The lowest BCUT2D eigenvalue weighted by atomic mass is 10.1. The lowest BCUT2D eigenvalue weighted by molar-refractivity contribution is 0.102. The van der Waals surface area contributed by atoms with E-state index in [1.54, 1.807) is 19.2 Å². The van der Waals surface area contributed by atoms with Gasteiger partial charge in [0.25, 0.3) is 5.91 Å². The maximum atomic E-state index is 12.2. The number of nitrogens with zero attached hydrogens (tertiary/aromatic N) is 1. The smallest absolute Gasteiger partial charge is 0.259 e. The predicted molar refractivity (Wildman–Crippen MR) is 91.0 cm³/mol. The topological polar surface area (TPSA) is 55.1 Å². The summed E-state index contributed by atoms with van der Waals surface area (Å²) >= 11 is 0. The third-order valence-electron chi connectivity index (χ3n) is 3.38. The molecule has 0 saturated heterocycles. The highest BCUT2D eigenvalue weighted by Gasteiger charge is 2.11. The SMILES string of the molecule is Cc1occc1C(=O)Nc1cccc(/C=C/c2ccccn2)c1. The molecular formula is C19H16N2O2. The summed E-state index contributed by atoms with van der Waals surface area (Å²) in [5.74, 6) is 0.427. The highest BCUT2D eigenvalue weighted by atomic mass is 16.3. The van der Waals surface area contributed by atoms with Gasteiger partial charge in [0.15, 0.2) is 0 Å². The Hall–Kier alpha value is -3.14. The van der Waals surface area contributed by atoms with E-state index >= 15 is 0 Å². The number of furan rings is 1. The first-order valence-electron chi connectivity index (χ1n) is 7.27. The molecule has 0 aliphatic rings. The molecule has 0 fully saturated rings. The van der Waals surface area contributed by atoms with Crippen molar-refractivity contribution in [1.82, 2.24) is 4.98 Å². The average Bonchev–Trinajstić information content (AvgIpc) is 3.00. The third-order valence-corrected chi connectivity index (χ3v) is 3.38. The number of nitrogens with one attached hydrogen (secondary N) is 1. The highest BCUT2D eigenvalue weighted by molar-refractivity contribution is 6.05. The summed E-state index contributed by atoms with van der Waals surface area (Å²) in [6.45, 7) is 1.76. The molecule has 114 valence electrons. The Bertz CT molecular complexity index is 835. The minimum Gasteiger partial charge on any atom is -0.469 e. The molecule has 0 aliphatic heterocycles. The minimum atomic E-state index is -0.179. The van der Waals surface area contributed by atoms with E-state index in [0.717, 1.165) is 16.9 Å². The van der Waals surface area contributed by atoms with Gasteiger partial charge in [-0.25, -0.2) is 0 Å². The number of aryl methyl sites for hydroxylation is 1. The molecular weight excluding hydrogens is 288 g/mol. The molecule has 0 radical (unpaired) electrons. The fourth-order valence-corrected chi connectivity index (χ4v) is 2.20. The first-order chi connectivity index (χ1) is 11.2. The molecule has 3 rings (SSSR count). The predicted octanol–water partition coefficient (Wildman–Crippen LogP) is 4.41. The lowest BCUT2D eigenvalue weighted by Crippen LogP contribution is -2.12. The normalized spacial score (nSPS) is 10.8. The van der Waals surface area contributed by atoms with Gasteiger partial charge in [0.05, 0.1) is 17.5 Å². The zero-order chi connectivity index (χ0) is 16.1.